The van der Waals surface area contributed by atoms with Gasteiger partial charge in [-0.3, -0.25) is 14.4 Å². The van der Waals surface area contributed by atoms with E-state index in [4.69, 9.17) is 5.73 Å². The van der Waals surface area contributed by atoms with E-state index in [0.29, 0.717) is 11.1 Å². The minimum Gasteiger partial charge on any atom is -0.507 e. The van der Waals surface area contributed by atoms with Crippen molar-refractivity contribution in [2.75, 3.05) is 13.6 Å². The van der Waals surface area contributed by atoms with Crippen molar-refractivity contribution in [2.45, 2.75) is 6.54 Å². The van der Waals surface area contributed by atoms with Gasteiger partial charge in [0.15, 0.2) is 0 Å². The van der Waals surface area contributed by atoms with Gasteiger partial charge in [-0.1, -0.05) is 24.8 Å². The molecule has 0 aliphatic carbocycles. The minimum atomic E-state index is -0.679. The molecule has 3 amide bonds. The van der Waals surface area contributed by atoms with E-state index in [9.17, 15) is 19.5 Å². The summed E-state index contributed by atoms with van der Waals surface area (Å²) in [5, 5.41) is 12.8. The van der Waals surface area contributed by atoms with Crippen LogP contribution in [0.5, 0.6) is 5.75 Å². The summed E-state index contributed by atoms with van der Waals surface area (Å²) in [6.45, 7) is 3.77. The number of benzene rings is 2. The maximum atomic E-state index is 12.7. The van der Waals surface area contributed by atoms with Crippen LogP contribution >= 0.6 is 0 Å². The third kappa shape index (κ3) is 3.27. The van der Waals surface area contributed by atoms with E-state index >= 15 is 0 Å². The summed E-state index contributed by atoms with van der Waals surface area (Å²) in [6.07, 6.45) is 0. The summed E-state index contributed by atoms with van der Waals surface area (Å²) in [7, 11) is 1.55. The van der Waals surface area contributed by atoms with E-state index in [0.717, 1.165) is 11.1 Å². The molecule has 0 spiro atoms. The van der Waals surface area contributed by atoms with Crippen LogP contribution in [0.1, 0.15) is 26.3 Å². The summed E-state index contributed by atoms with van der Waals surface area (Å²) in [5.41, 5.74) is 8.10. The van der Waals surface area contributed by atoms with Gasteiger partial charge in [0.1, 0.15) is 5.75 Å². The lowest BCUT2D eigenvalue weighted by Crippen LogP contribution is -2.30. The number of hydrogen-bond acceptors (Lipinski definition) is 4. The Balaban J connectivity index is 2.04. The van der Waals surface area contributed by atoms with Gasteiger partial charge in [0.2, 0.25) is 5.91 Å². The van der Waals surface area contributed by atoms with Gasteiger partial charge < -0.3 is 21.1 Å². The molecule has 0 bridgehead atoms. The topological polar surface area (TPSA) is 113 Å². The first-order chi connectivity index (χ1) is 12.8. The van der Waals surface area contributed by atoms with E-state index in [2.05, 4.69) is 11.9 Å². The zero-order chi connectivity index (χ0) is 19.7. The lowest BCUT2D eigenvalue weighted by molar-refractivity contribution is -0.114. The largest absolute Gasteiger partial charge is 0.507 e. The van der Waals surface area contributed by atoms with Crippen molar-refractivity contribution in [2.24, 2.45) is 5.73 Å². The molecule has 0 atom stereocenters. The molecule has 0 aromatic heterocycles. The van der Waals surface area contributed by atoms with Crippen LogP contribution in [0.15, 0.2) is 48.6 Å². The zero-order valence-corrected chi connectivity index (χ0v) is 14.8. The number of carbonyl (C=O) groups excluding carboxylic acids is 3. The van der Waals surface area contributed by atoms with E-state index in [1.165, 1.54) is 11.0 Å². The van der Waals surface area contributed by atoms with Gasteiger partial charge in [0, 0.05) is 24.7 Å². The molecule has 0 saturated heterocycles. The van der Waals surface area contributed by atoms with Gasteiger partial charge in [-0.2, -0.15) is 0 Å². The molecule has 2 aromatic carbocycles. The predicted octanol–water partition coefficient (Wildman–Crippen LogP) is 1.42. The molecule has 0 radical (unpaired) electrons. The number of rotatable bonds is 5. The summed E-state index contributed by atoms with van der Waals surface area (Å²) >= 11 is 0. The first kappa shape index (κ1) is 18.2. The Morgan fingerprint density at radius 3 is 2.70 bits per heavy atom. The summed E-state index contributed by atoms with van der Waals surface area (Å²) < 4.78 is 0. The highest BCUT2D eigenvalue weighted by Crippen LogP contribution is 2.38. The highest BCUT2D eigenvalue weighted by molar-refractivity contribution is 6.04. The van der Waals surface area contributed by atoms with Crippen LogP contribution in [0.3, 0.4) is 0 Å². The van der Waals surface area contributed by atoms with Crippen LogP contribution in [0.25, 0.3) is 11.1 Å². The maximum absolute atomic E-state index is 12.7. The van der Waals surface area contributed by atoms with Crippen molar-refractivity contribution < 1.29 is 19.5 Å². The van der Waals surface area contributed by atoms with Crippen molar-refractivity contribution in [3.05, 3.63) is 65.2 Å². The van der Waals surface area contributed by atoms with Gasteiger partial charge in [0.05, 0.1) is 12.1 Å². The Kier molecular flexibility index (Phi) is 4.68. The fraction of sp³-hybridized carbons (Fsp3) is 0.150. The summed E-state index contributed by atoms with van der Waals surface area (Å²) in [4.78, 5) is 37.3. The number of nitrogens with zero attached hydrogens (tertiary/aromatic N) is 1. The molecule has 1 heterocycles. The van der Waals surface area contributed by atoms with Gasteiger partial charge in [-0.15, -0.1) is 0 Å². The Labute approximate surface area is 156 Å². The number of amides is 3. The van der Waals surface area contributed by atoms with Crippen molar-refractivity contribution >= 4 is 17.7 Å². The molecule has 7 nitrogen and oxygen atoms in total. The van der Waals surface area contributed by atoms with Crippen LogP contribution in [0.4, 0.5) is 0 Å². The van der Waals surface area contributed by atoms with Crippen LogP contribution in [-0.2, 0) is 11.3 Å². The van der Waals surface area contributed by atoms with E-state index in [1.807, 2.05) is 6.07 Å². The molecule has 7 heteroatoms. The smallest absolute Gasteiger partial charge is 0.258 e. The van der Waals surface area contributed by atoms with Crippen molar-refractivity contribution in [1.29, 1.82) is 0 Å². The van der Waals surface area contributed by atoms with Crippen molar-refractivity contribution in [3.63, 3.8) is 0 Å². The van der Waals surface area contributed by atoms with Crippen LogP contribution < -0.4 is 11.1 Å². The molecule has 138 valence electrons. The highest BCUT2D eigenvalue weighted by atomic mass is 16.3. The molecule has 2 aromatic rings. The number of nitrogens with one attached hydrogen (secondary N) is 1. The molecular formula is C20H19N3O4. The fourth-order valence-electron chi connectivity index (χ4n) is 3.14. The summed E-state index contributed by atoms with van der Waals surface area (Å²) in [6, 6.07) is 10.2. The Morgan fingerprint density at radius 2 is 2.04 bits per heavy atom. The fourth-order valence-corrected chi connectivity index (χ4v) is 3.14. The maximum Gasteiger partial charge on any atom is 0.258 e. The molecule has 0 unspecified atom stereocenters. The van der Waals surface area contributed by atoms with Gasteiger partial charge in [0.25, 0.3) is 11.8 Å². The second-order valence-electron chi connectivity index (χ2n) is 6.27. The van der Waals surface area contributed by atoms with Gasteiger partial charge in [-0.25, -0.2) is 0 Å². The highest BCUT2D eigenvalue weighted by Gasteiger charge is 2.33. The molecule has 1 aliphatic rings. The monoisotopic (exact) mass is 365 g/mol. The lowest BCUT2D eigenvalue weighted by atomic mass is 9.95. The molecule has 1 aliphatic heterocycles. The number of hydrogen-bond donors (Lipinski definition) is 3. The number of fused-ring (bicyclic) bond motifs is 1. The van der Waals surface area contributed by atoms with Crippen LogP contribution in [0.2, 0.25) is 0 Å². The Morgan fingerprint density at radius 1 is 1.30 bits per heavy atom. The lowest BCUT2D eigenvalue weighted by Gasteiger charge is -2.15. The number of aromatic hydroxyl groups is 1. The quantitative estimate of drug-likeness (QED) is 0.696. The Bertz CT molecular complexity index is 981. The summed E-state index contributed by atoms with van der Waals surface area (Å²) in [5.74, 6) is -1.42. The number of primary amides is 1. The first-order valence-corrected chi connectivity index (χ1v) is 8.27. The Hall–Kier alpha value is -3.61. The van der Waals surface area contributed by atoms with Crippen molar-refractivity contribution in [3.8, 4) is 16.9 Å². The molecule has 4 N–H and O–H groups in total. The standard InChI is InChI=1S/C20H19N3O4/c1-11(18(21)25)9-23-10-15-14(6-7-16(24)17(15)20(23)27)12-4-3-5-13(8-12)19(26)22-2/h3-8,24H,1,9-10H2,2H3,(H2,21,25)(H,22,26). The third-order valence-corrected chi connectivity index (χ3v) is 4.53. The number of nitrogens with two attached hydrogens (primary N) is 1. The molecule has 0 saturated carbocycles. The number of phenols is 1. The van der Waals surface area contributed by atoms with Crippen LogP contribution in [-0.4, -0.2) is 41.3 Å². The average Bonchev–Trinajstić information content (AvgIpc) is 2.98. The molecule has 27 heavy (non-hydrogen) atoms. The average molecular weight is 365 g/mol. The SMILES string of the molecule is C=C(CN1Cc2c(-c3cccc(C(=O)NC)c3)ccc(O)c2C1=O)C(N)=O. The number of carbonyl (C=O) groups is 3. The molecule has 0 fully saturated rings. The zero-order valence-electron chi connectivity index (χ0n) is 14.8. The van der Waals surface area contributed by atoms with Gasteiger partial charge in [-0.05, 0) is 34.9 Å². The van der Waals surface area contributed by atoms with Gasteiger partial charge >= 0.3 is 0 Å². The third-order valence-electron chi connectivity index (χ3n) is 4.53. The molecular weight excluding hydrogens is 346 g/mol. The van der Waals surface area contributed by atoms with E-state index in [1.54, 1.807) is 31.3 Å². The van der Waals surface area contributed by atoms with E-state index < -0.39 is 11.8 Å². The first-order valence-electron chi connectivity index (χ1n) is 8.27. The predicted molar refractivity (Wildman–Crippen MR) is 100 cm³/mol. The second kappa shape index (κ2) is 6.95. The second-order valence-corrected chi connectivity index (χ2v) is 6.27. The van der Waals surface area contributed by atoms with Crippen LogP contribution in [0, 0.1) is 0 Å². The number of phenolic OH excluding ortho intramolecular Hbond substituents is 1. The molecule has 3 rings (SSSR count). The minimum absolute atomic E-state index is 0.0139. The van der Waals surface area contributed by atoms with Crippen molar-refractivity contribution in [1.82, 2.24) is 10.2 Å². The van der Waals surface area contributed by atoms with E-state index in [-0.39, 0.29) is 35.9 Å². The normalized spacial score (nSPS) is 12.6.